The first-order chi connectivity index (χ1) is 12.5. The van der Waals surface area contributed by atoms with Gasteiger partial charge in [-0.1, -0.05) is 24.3 Å². The van der Waals surface area contributed by atoms with E-state index in [-0.39, 0.29) is 18.4 Å². The molecule has 2 aromatic rings. The number of esters is 1. The van der Waals surface area contributed by atoms with Crippen LogP contribution in [0.1, 0.15) is 22.8 Å². The SMILES string of the molecule is CCOc1ccc(CC(CNC(=O)c2ccccc2N)C(=O)OC)cc1. The van der Waals surface area contributed by atoms with Crippen LogP contribution in [-0.2, 0) is 16.0 Å². The number of hydrogen-bond donors (Lipinski definition) is 2. The number of anilines is 1. The maximum Gasteiger partial charge on any atom is 0.310 e. The Morgan fingerprint density at radius 3 is 2.42 bits per heavy atom. The molecule has 1 unspecified atom stereocenters. The number of benzene rings is 2. The fraction of sp³-hybridized carbons (Fsp3) is 0.300. The summed E-state index contributed by atoms with van der Waals surface area (Å²) in [5.41, 5.74) is 7.55. The molecular weight excluding hydrogens is 332 g/mol. The zero-order chi connectivity index (χ0) is 18.9. The number of nitrogen functional groups attached to an aromatic ring is 1. The lowest BCUT2D eigenvalue weighted by atomic mass is 9.99. The van der Waals surface area contributed by atoms with Crippen molar-refractivity contribution in [3.05, 3.63) is 59.7 Å². The number of carbonyl (C=O) groups excluding carboxylic acids is 2. The molecule has 3 N–H and O–H groups in total. The molecule has 0 saturated heterocycles. The standard InChI is InChI=1S/C20H24N2O4/c1-3-26-16-10-8-14(9-11-16)12-15(20(24)25-2)13-22-19(23)17-6-4-5-7-18(17)21/h4-11,15H,3,12-13,21H2,1-2H3,(H,22,23). The average molecular weight is 356 g/mol. The number of nitrogens with one attached hydrogen (secondary N) is 1. The minimum absolute atomic E-state index is 0.160. The Kier molecular flexibility index (Phi) is 7.02. The minimum Gasteiger partial charge on any atom is -0.494 e. The first kappa shape index (κ1) is 19.3. The predicted molar refractivity (Wildman–Crippen MR) is 100 cm³/mol. The van der Waals surface area contributed by atoms with Crippen LogP contribution in [0.25, 0.3) is 0 Å². The van der Waals surface area contributed by atoms with Gasteiger partial charge in [-0.15, -0.1) is 0 Å². The Hall–Kier alpha value is -3.02. The average Bonchev–Trinajstić information content (AvgIpc) is 2.66. The lowest BCUT2D eigenvalue weighted by Gasteiger charge is -2.16. The van der Waals surface area contributed by atoms with Crippen LogP contribution in [0.15, 0.2) is 48.5 Å². The fourth-order valence-corrected chi connectivity index (χ4v) is 2.59. The van der Waals surface area contributed by atoms with Crippen LogP contribution in [0, 0.1) is 5.92 Å². The maximum absolute atomic E-state index is 12.3. The van der Waals surface area contributed by atoms with Crippen LogP contribution < -0.4 is 15.8 Å². The molecule has 1 amide bonds. The van der Waals surface area contributed by atoms with Gasteiger partial charge in [0.2, 0.25) is 0 Å². The van der Waals surface area contributed by atoms with E-state index in [0.29, 0.717) is 24.3 Å². The summed E-state index contributed by atoms with van der Waals surface area (Å²) in [5, 5.41) is 2.76. The van der Waals surface area contributed by atoms with Crippen molar-refractivity contribution in [1.82, 2.24) is 5.32 Å². The van der Waals surface area contributed by atoms with Gasteiger partial charge in [-0.05, 0) is 43.2 Å². The molecule has 0 aliphatic rings. The van der Waals surface area contributed by atoms with Crippen LogP contribution >= 0.6 is 0 Å². The molecule has 6 nitrogen and oxygen atoms in total. The molecule has 6 heteroatoms. The van der Waals surface area contributed by atoms with Crippen LogP contribution in [-0.4, -0.2) is 32.1 Å². The number of ether oxygens (including phenoxy) is 2. The quantitative estimate of drug-likeness (QED) is 0.560. The number of para-hydroxylation sites is 1. The summed E-state index contributed by atoms with van der Waals surface area (Å²) in [6, 6.07) is 14.3. The summed E-state index contributed by atoms with van der Waals surface area (Å²) < 4.78 is 10.3. The Morgan fingerprint density at radius 2 is 1.81 bits per heavy atom. The molecular formula is C20H24N2O4. The van der Waals surface area contributed by atoms with Crippen molar-refractivity contribution < 1.29 is 19.1 Å². The van der Waals surface area contributed by atoms with Gasteiger partial charge in [-0.2, -0.15) is 0 Å². The van der Waals surface area contributed by atoms with E-state index in [4.69, 9.17) is 15.2 Å². The summed E-state index contributed by atoms with van der Waals surface area (Å²) in [4.78, 5) is 24.4. The van der Waals surface area contributed by atoms with Crippen molar-refractivity contribution in [3.8, 4) is 5.75 Å². The van der Waals surface area contributed by atoms with E-state index in [0.717, 1.165) is 11.3 Å². The highest BCUT2D eigenvalue weighted by Gasteiger charge is 2.21. The second-order valence-electron chi connectivity index (χ2n) is 5.80. The molecule has 0 spiro atoms. The number of amides is 1. The number of nitrogens with two attached hydrogens (primary N) is 1. The molecule has 0 aliphatic heterocycles. The number of methoxy groups -OCH3 is 1. The third-order valence-electron chi connectivity index (χ3n) is 3.97. The Bertz CT molecular complexity index is 744. The lowest BCUT2D eigenvalue weighted by molar-refractivity contribution is -0.145. The summed E-state index contributed by atoms with van der Waals surface area (Å²) >= 11 is 0. The molecule has 0 aromatic heterocycles. The van der Waals surface area contributed by atoms with E-state index in [1.165, 1.54) is 7.11 Å². The molecule has 1 atom stereocenters. The zero-order valence-electron chi connectivity index (χ0n) is 15.0. The second-order valence-corrected chi connectivity index (χ2v) is 5.80. The summed E-state index contributed by atoms with van der Waals surface area (Å²) in [5.74, 6) is -0.408. The molecule has 0 saturated carbocycles. The Balaban J connectivity index is 2.02. The molecule has 0 heterocycles. The maximum atomic E-state index is 12.3. The van der Waals surface area contributed by atoms with Gasteiger partial charge in [0.15, 0.2) is 0 Å². The number of hydrogen-bond acceptors (Lipinski definition) is 5. The first-order valence-electron chi connectivity index (χ1n) is 8.47. The molecule has 0 aliphatic carbocycles. The van der Waals surface area contributed by atoms with E-state index in [2.05, 4.69) is 5.32 Å². The van der Waals surface area contributed by atoms with Gasteiger partial charge in [0, 0.05) is 12.2 Å². The summed E-state index contributed by atoms with van der Waals surface area (Å²) in [6.07, 6.45) is 0.448. The van der Waals surface area contributed by atoms with Gasteiger partial charge in [-0.3, -0.25) is 9.59 Å². The molecule has 0 fully saturated rings. The first-order valence-corrected chi connectivity index (χ1v) is 8.47. The highest BCUT2D eigenvalue weighted by atomic mass is 16.5. The fourth-order valence-electron chi connectivity index (χ4n) is 2.59. The molecule has 138 valence electrons. The van der Waals surface area contributed by atoms with Crippen molar-refractivity contribution in [1.29, 1.82) is 0 Å². The van der Waals surface area contributed by atoms with E-state index >= 15 is 0 Å². The van der Waals surface area contributed by atoms with Gasteiger partial charge in [-0.25, -0.2) is 0 Å². The smallest absolute Gasteiger partial charge is 0.310 e. The van der Waals surface area contributed by atoms with E-state index in [1.54, 1.807) is 24.3 Å². The van der Waals surface area contributed by atoms with Gasteiger partial charge >= 0.3 is 5.97 Å². The van der Waals surface area contributed by atoms with E-state index in [1.807, 2.05) is 31.2 Å². The summed E-state index contributed by atoms with van der Waals surface area (Å²) in [6.45, 7) is 2.68. The number of rotatable bonds is 8. The Morgan fingerprint density at radius 1 is 1.12 bits per heavy atom. The van der Waals surface area contributed by atoms with Crippen molar-refractivity contribution in [3.63, 3.8) is 0 Å². The van der Waals surface area contributed by atoms with Crippen molar-refractivity contribution >= 4 is 17.6 Å². The van der Waals surface area contributed by atoms with Crippen LogP contribution in [0.5, 0.6) is 5.75 Å². The van der Waals surface area contributed by atoms with Gasteiger partial charge in [0.1, 0.15) is 5.75 Å². The second kappa shape index (κ2) is 9.46. The van der Waals surface area contributed by atoms with Crippen LogP contribution in [0.4, 0.5) is 5.69 Å². The predicted octanol–water partition coefficient (Wildman–Crippen LogP) is 2.43. The molecule has 0 radical (unpaired) electrons. The topological polar surface area (TPSA) is 90.6 Å². The van der Waals surface area contributed by atoms with Crippen LogP contribution in [0.2, 0.25) is 0 Å². The highest BCUT2D eigenvalue weighted by Crippen LogP contribution is 2.16. The van der Waals surface area contributed by atoms with Crippen molar-refractivity contribution in [2.45, 2.75) is 13.3 Å². The Labute approximate surface area is 153 Å². The molecule has 2 aromatic carbocycles. The minimum atomic E-state index is -0.494. The molecule has 26 heavy (non-hydrogen) atoms. The van der Waals surface area contributed by atoms with Gasteiger partial charge < -0.3 is 20.5 Å². The lowest BCUT2D eigenvalue weighted by Crippen LogP contribution is -2.35. The van der Waals surface area contributed by atoms with Gasteiger partial charge in [0.25, 0.3) is 5.91 Å². The van der Waals surface area contributed by atoms with Crippen LogP contribution in [0.3, 0.4) is 0 Å². The third-order valence-corrected chi connectivity index (χ3v) is 3.97. The van der Waals surface area contributed by atoms with E-state index < -0.39 is 5.92 Å². The van der Waals surface area contributed by atoms with Crippen molar-refractivity contribution in [2.75, 3.05) is 26.0 Å². The number of carbonyl (C=O) groups is 2. The van der Waals surface area contributed by atoms with Crippen molar-refractivity contribution in [2.24, 2.45) is 5.92 Å². The van der Waals surface area contributed by atoms with E-state index in [9.17, 15) is 9.59 Å². The highest BCUT2D eigenvalue weighted by molar-refractivity contribution is 5.99. The van der Waals surface area contributed by atoms with Gasteiger partial charge in [0.05, 0.1) is 25.2 Å². The molecule has 0 bridgehead atoms. The third kappa shape index (κ3) is 5.24. The molecule has 2 rings (SSSR count). The summed E-state index contributed by atoms with van der Waals surface area (Å²) in [7, 11) is 1.34. The largest absolute Gasteiger partial charge is 0.494 e. The normalized spacial score (nSPS) is 11.5. The monoisotopic (exact) mass is 356 g/mol. The zero-order valence-corrected chi connectivity index (χ0v) is 15.0.